The van der Waals surface area contributed by atoms with Gasteiger partial charge in [0.05, 0.1) is 13.2 Å². The number of hydrogen-bond donors (Lipinski definition) is 1. The molecule has 0 saturated carbocycles. The molecular formula is C16H24FN3O. The van der Waals surface area contributed by atoms with Crippen LogP contribution in [0.5, 0.6) is 0 Å². The lowest BCUT2D eigenvalue weighted by Crippen LogP contribution is -2.44. The number of rotatable bonds is 3. The van der Waals surface area contributed by atoms with E-state index in [1.54, 1.807) is 6.07 Å². The molecule has 0 amide bonds. The summed E-state index contributed by atoms with van der Waals surface area (Å²) in [6.45, 7) is 7.40. The van der Waals surface area contributed by atoms with Crippen molar-refractivity contribution in [3.63, 3.8) is 0 Å². The second-order valence-corrected chi connectivity index (χ2v) is 6.00. The van der Waals surface area contributed by atoms with E-state index < -0.39 is 0 Å². The molecule has 0 aliphatic carbocycles. The number of ether oxygens (including phenoxy) is 1. The highest BCUT2D eigenvalue weighted by Crippen LogP contribution is 2.31. The third-order valence-electron chi connectivity index (χ3n) is 4.55. The molecule has 2 aliphatic rings. The third kappa shape index (κ3) is 3.05. The first-order valence-electron chi connectivity index (χ1n) is 7.77. The molecule has 2 saturated heterocycles. The number of halogens is 1. The van der Waals surface area contributed by atoms with E-state index in [1.165, 1.54) is 6.07 Å². The molecule has 0 bridgehead atoms. The Morgan fingerprint density at radius 1 is 1.29 bits per heavy atom. The van der Waals surface area contributed by atoms with E-state index in [2.05, 4.69) is 9.80 Å². The normalized spacial score (nSPS) is 25.3. The van der Waals surface area contributed by atoms with Gasteiger partial charge in [0.15, 0.2) is 0 Å². The van der Waals surface area contributed by atoms with Gasteiger partial charge in [0.2, 0.25) is 0 Å². The van der Waals surface area contributed by atoms with Crippen molar-refractivity contribution in [3.8, 4) is 0 Å². The Balaban J connectivity index is 1.75. The standard InChI is InChI=1S/C16H24FN3O/c1-12(18)16-14(17)3-2-4-15(16)20-6-5-13(11-20)19-7-9-21-10-8-19/h2-4,12-13H,5-11,18H2,1H3/t12-,13?/m0/s1. The first-order chi connectivity index (χ1) is 10.2. The molecule has 5 heteroatoms. The van der Waals surface area contributed by atoms with Gasteiger partial charge in [0, 0.05) is 49.5 Å². The largest absolute Gasteiger partial charge is 0.379 e. The molecule has 0 spiro atoms. The maximum atomic E-state index is 14.1. The van der Waals surface area contributed by atoms with E-state index in [9.17, 15) is 4.39 Å². The second-order valence-electron chi connectivity index (χ2n) is 6.00. The van der Waals surface area contributed by atoms with Crippen LogP contribution in [-0.4, -0.2) is 50.3 Å². The lowest BCUT2D eigenvalue weighted by Gasteiger charge is -2.32. The number of nitrogens with two attached hydrogens (primary N) is 1. The Morgan fingerprint density at radius 2 is 2.05 bits per heavy atom. The van der Waals surface area contributed by atoms with E-state index in [1.807, 2.05) is 13.0 Å². The van der Waals surface area contributed by atoms with Gasteiger partial charge in [-0.2, -0.15) is 0 Å². The van der Waals surface area contributed by atoms with Crippen LogP contribution in [0.3, 0.4) is 0 Å². The molecule has 0 radical (unpaired) electrons. The van der Waals surface area contributed by atoms with Gasteiger partial charge >= 0.3 is 0 Å². The molecule has 2 N–H and O–H groups in total. The number of hydrogen-bond acceptors (Lipinski definition) is 4. The molecule has 1 aromatic rings. The van der Waals surface area contributed by atoms with Crippen molar-refractivity contribution in [2.24, 2.45) is 5.73 Å². The fraction of sp³-hybridized carbons (Fsp3) is 0.625. The van der Waals surface area contributed by atoms with Gasteiger partial charge in [-0.25, -0.2) is 4.39 Å². The van der Waals surface area contributed by atoms with Crippen LogP contribution in [0, 0.1) is 5.82 Å². The van der Waals surface area contributed by atoms with Gasteiger partial charge in [-0.1, -0.05) is 6.07 Å². The number of anilines is 1. The van der Waals surface area contributed by atoms with E-state index >= 15 is 0 Å². The summed E-state index contributed by atoms with van der Waals surface area (Å²) in [5.41, 5.74) is 7.56. The zero-order chi connectivity index (χ0) is 14.8. The fourth-order valence-electron chi connectivity index (χ4n) is 3.45. The Bertz CT molecular complexity index is 488. The quantitative estimate of drug-likeness (QED) is 0.922. The van der Waals surface area contributed by atoms with Crippen molar-refractivity contribution in [3.05, 3.63) is 29.6 Å². The Morgan fingerprint density at radius 3 is 2.76 bits per heavy atom. The Kier molecular flexibility index (Phi) is 4.42. The van der Waals surface area contributed by atoms with Gasteiger partial charge in [-0.05, 0) is 25.5 Å². The molecule has 1 aromatic carbocycles. The van der Waals surface area contributed by atoms with Crippen molar-refractivity contribution in [1.29, 1.82) is 0 Å². The molecule has 1 unspecified atom stereocenters. The molecule has 3 rings (SSSR count). The second kappa shape index (κ2) is 6.30. The average molecular weight is 293 g/mol. The van der Waals surface area contributed by atoms with Gasteiger partial charge in [0.25, 0.3) is 0 Å². The number of morpholine rings is 1. The zero-order valence-electron chi connectivity index (χ0n) is 12.6. The van der Waals surface area contributed by atoms with Gasteiger partial charge in [-0.3, -0.25) is 4.90 Å². The summed E-state index contributed by atoms with van der Waals surface area (Å²) in [6, 6.07) is 5.52. The van der Waals surface area contributed by atoms with Crippen LogP contribution in [0.2, 0.25) is 0 Å². The van der Waals surface area contributed by atoms with Crippen LogP contribution in [0.4, 0.5) is 10.1 Å². The molecule has 2 fully saturated rings. The van der Waals surface area contributed by atoms with Crippen molar-refractivity contribution >= 4 is 5.69 Å². The average Bonchev–Trinajstić information content (AvgIpc) is 2.97. The summed E-state index contributed by atoms with van der Waals surface area (Å²) < 4.78 is 19.5. The van der Waals surface area contributed by atoms with Crippen molar-refractivity contribution in [2.45, 2.75) is 25.4 Å². The van der Waals surface area contributed by atoms with Gasteiger partial charge in [-0.15, -0.1) is 0 Å². The Labute approximate surface area is 125 Å². The van der Waals surface area contributed by atoms with Crippen LogP contribution in [-0.2, 0) is 4.74 Å². The van der Waals surface area contributed by atoms with Crippen molar-refractivity contribution in [2.75, 3.05) is 44.3 Å². The summed E-state index contributed by atoms with van der Waals surface area (Å²) in [7, 11) is 0. The highest BCUT2D eigenvalue weighted by molar-refractivity contribution is 5.56. The van der Waals surface area contributed by atoms with E-state index in [0.717, 1.165) is 51.5 Å². The molecular weight excluding hydrogens is 269 g/mol. The predicted octanol–water partition coefficient (Wildman–Crippen LogP) is 1.76. The van der Waals surface area contributed by atoms with Crippen LogP contribution in [0.15, 0.2) is 18.2 Å². The smallest absolute Gasteiger partial charge is 0.130 e. The molecule has 116 valence electrons. The summed E-state index contributed by atoms with van der Waals surface area (Å²) in [5.74, 6) is -0.197. The molecule has 21 heavy (non-hydrogen) atoms. The van der Waals surface area contributed by atoms with Crippen LogP contribution < -0.4 is 10.6 Å². The Hall–Kier alpha value is -1.17. The number of nitrogens with zero attached hydrogens (tertiary/aromatic N) is 2. The van der Waals surface area contributed by atoms with Crippen molar-refractivity contribution < 1.29 is 9.13 Å². The number of benzene rings is 1. The predicted molar refractivity (Wildman–Crippen MR) is 82.0 cm³/mol. The molecule has 4 nitrogen and oxygen atoms in total. The van der Waals surface area contributed by atoms with Crippen LogP contribution >= 0.6 is 0 Å². The van der Waals surface area contributed by atoms with Gasteiger partial charge in [0.1, 0.15) is 5.82 Å². The first-order valence-corrected chi connectivity index (χ1v) is 7.77. The highest BCUT2D eigenvalue weighted by atomic mass is 19.1. The summed E-state index contributed by atoms with van der Waals surface area (Å²) >= 11 is 0. The first kappa shape index (κ1) is 14.8. The monoisotopic (exact) mass is 293 g/mol. The van der Waals surface area contributed by atoms with Crippen LogP contribution in [0.1, 0.15) is 24.9 Å². The summed E-state index contributed by atoms with van der Waals surface area (Å²) in [4.78, 5) is 4.77. The lowest BCUT2D eigenvalue weighted by molar-refractivity contribution is 0.0209. The van der Waals surface area contributed by atoms with Gasteiger partial charge < -0.3 is 15.4 Å². The zero-order valence-corrected chi connectivity index (χ0v) is 12.6. The lowest BCUT2D eigenvalue weighted by atomic mass is 10.1. The van der Waals surface area contributed by atoms with E-state index in [0.29, 0.717) is 11.6 Å². The summed E-state index contributed by atoms with van der Waals surface area (Å²) in [5, 5.41) is 0. The fourth-order valence-corrected chi connectivity index (χ4v) is 3.45. The molecule has 2 aliphatic heterocycles. The topological polar surface area (TPSA) is 41.7 Å². The maximum Gasteiger partial charge on any atom is 0.130 e. The molecule has 2 heterocycles. The van der Waals surface area contributed by atoms with Crippen LogP contribution in [0.25, 0.3) is 0 Å². The molecule has 2 atom stereocenters. The maximum absolute atomic E-state index is 14.1. The minimum absolute atomic E-state index is 0.197. The van der Waals surface area contributed by atoms with E-state index in [-0.39, 0.29) is 11.9 Å². The summed E-state index contributed by atoms with van der Waals surface area (Å²) in [6.07, 6.45) is 1.12. The SMILES string of the molecule is C[C@H](N)c1c(F)cccc1N1CCC(N2CCOCC2)C1. The minimum atomic E-state index is -0.288. The van der Waals surface area contributed by atoms with E-state index in [4.69, 9.17) is 10.5 Å². The highest BCUT2D eigenvalue weighted by Gasteiger charge is 2.30. The van der Waals surface area contributed by atoms with Crippen molar-refractivity contribution in [1.82, 2.24) is 4.90 Å². The molecule has 0 aromatic heterocycles. The third-order valence-corrected chi connectivity index (χ3v) is 4.55. The minimum Gasteiger partial charge on any atom is -0.379 e.